The van der Waals surface area contributed by atoms with Crippen molar-refractivity contribution in [1.82, 2.24) is 4.98 Å². The summed E-state index contributed by atoms with van der Waals surface area (Å²) in [6.07, 6.45) is 1.57. The van der Waals surface area contributed by atoms with Crippen LogP contribution in [0.2, 0.25) is 0 Å². The van der Waals surface area contributed by atoms with Crippen LogP contribution in [0.4, 0.5) is 5.13 Å². The Balaban J connectivity index is 1.81. The van der Waals surface area contributed by atoms with Gasteiger partial charge in [-0.15, -0.1) is 0 Å². The Morgan fingerprint density at radius 1 is 1.30 bits per heavy atom. The Bertz CT molecular complexity index is 712. The monoisotopic (exact) mass is 334 g/mol. The standard InChI is InChI=1S/C16H18N2O4S/c1-10-4-5-12(11(2)8-10)22-7-6-14(19)18-16-17-9-13(23-16)15(20)21-3/h4-5,8-9H,6-7H2,1-3H3,(H,17,18,19). The van der Waals surface area contributed by atoms with Gasteiger partial charge in [0, 0.05) is 0 Å². The van der Waals surface area contributed by atoms with Gasteiger partial charge in [-0.2, -0.15) is 0 Å². The maximum absolute atomic E-state index is 11.8. The Hall–Kier alpha value is -2.41. The first kappa shape index (κ1) is 17.0. The molecule has 23 heavy (non-hydrogen) atoms. The van der Waals surface area contributed by atoms with Crippen molar-refractivity contribution in [1.29, 1.82) is 0 Å². The van der Waals surface area contributed by atoms with Gasteiger partial charge >= 0.3 is 5.97 Å². The Morgan fingerprint density at radius 2 is 2.09 bits per heavy atom. The van der Waals surface area contributed by atoms with Crippen molar-refractivity contribution < 1.29 is 19.1 Å². The van der Waals surface area contributed by atoms with Crippen LogP contribution in [-0.4, -0.2) is 30.6 Å². The van der Waals surface area contributed by atoms with Crippen molar-refractivity contribution >= 4 is 28.3 Å². The maximum Gasteiger partial charge on any atom is 0.349 e. The average Bonchev–Trinajstić information content (AvgIpc) is 2.97. The number of nitrogens with one attached hydrogen (secondary N) is 1. The molecule has 0 atom stereocenters. The fourth-order valence-corrected chi connectivity index (χ4v) is 2.67. The molecule has 0 saturated heterocycles. The van der Waals surface area contributed by atoms with Crippen LogP contribution in [0.5, 0.6) is 5.75 Å². The molecule has 0 aliphatic rings. The quantitative estimate of drug-likeness (QED) is 0.822. The van der Waals surface area contributed by atoms with E-state index in [-0.39, 0.29) is 18.9 Å². The average molecular weight is 334 g/mol. The van der Waals surface area contributed by atoms with E-state index in [4.69, 9.17) is 4.74 Å². The van der Waals surface area contributed by atoms with Gasteiger partial charge in [0.05, 0.1) is 26.3 Å². The number of thiazole rings is 1. The Morgan fingerprint density at radius 3 is 2.78 bits per heavy atom. The SMILES string of the molecule is COC(=O)c1cnc(NC(=O)CCOc2ccc(C)cc2C)s1. The fourth-order valence-electron chi connectivity index (χ4n) is 1.92. The molecule has 0 radical (unpaired) electrons. The van der Waals surface area contributed by atoms with Gasteiger partial charge in [-0.05, 0) is 25.5 Å². The molecule has 0 spiro atoms. The van der Waals surface area contributed by atoms with Crippen molar-refractivity contribution in [2.24, 2.45) is 0 Å². The number of aromatic nitrogens is 1. The summed E-state index contributed by atoms with van der Waals surface area (Å²) in [5.74, 6) is 0.0762. The van der Waals surface area contributed by atoms with Gasteiger partial charge in [-0.25, -0.2) is 9.78 Å². The van der Waals surface area contributed by atoms with Crippen LogP contribution in [-0.2, 0) is 9.53 Å². The summed E-state index contributed by atoms with van der Waals surface area (Å²) in [6.45, 7) is 4.25. The zero-order valence-corrected chi connectivity index (χ0v) is 14.0. The van der Waals surface area contributed by atoms with Gasteiger partial charge in [-0.1, -0.05) is 29.0 Å². The molecule has 1 aromatic carbocycles. The van der Waals surface area contributed by atoms with Gasteiger partial charge < -0.3 is 14.8 Å². The first-order valence-corrected chi connectivity index (χ1v) is 7.85. The molecule has 0 aliphatic carbocycles. The van der Waals surface area contributed by atoms with Crippen LogP contribution < -0.4 is 10.1 Å². The van der Waals surface area contributed by atoms with Crippen molar-refractivity contribution in [3.63, 3.8) is 0 Å². The van der Waals surface area contributed by atoms with Crippen molar-refractivity contribution in [3.05, 3.63) is 40.4 Å². The zero-order valence-electron chi connectivity index (χ0n) is 13.2. The largest absolute Gasteiger partial charge is 0.493 e. The molecule has 1 heterocycles. The molecular formula is C16H18N2O4S. The molecule has 1 amide bonds. The summed E-state index contributed by atoms with van der Waals surface area (Å²) in [4.78, 5) is 27.5. The molecular weight excluding hydrogens is 316 g/mol. The third-order valence-corrected chi connectivity index (χ3v) is 3.95. The minimum atomic E-state index is -0.471. The third kappa shape index (κ3) is 4.79. The molecule has 0 aliphatic heterocycles. The van der Waals surface area contributed by atoms with Crippen molar-refractivity contribution in [2.75, 3.05) is 19.0 Å². The van der Waals surface area contributed by atoms with E-state index in [2.05, 4.69) is 15.0 Å². The number of benzene rings is 1. The number of hydrogen-bond donors (Lipinski definition) is 1. The normalized spacial score (nSPS) is 10.2. The van der Waals surface area contributed by atoms with E-state index in [1.807, 2.05) is 32.0 Å². The Kier molecular flexibility index (Phi) is 5.70. The molecule has 7 heteroatoms. The third-order valence-electron chi connectivity index (χ3n) is 3.06. The number of esters is 1. The summed E-state index contributed by atoms with van der Waals surface area (Å²) in [6, 6.07) is 5.89. The lowest BCUT2D eigenvalue weighted by atomic mass is 10.1. The van der Waals surface area contributed by atoms with Crippen LogP contribution in [0, 0.1) is 13.8 Å². The molecule has 0 fully saturated rings. The number of rotatable bonds is 6. The molecule has 0 bridgehead atoms. The summed E-state index contributed by atoms with van der Waals surface area (Å²) < 4.78 is 10.2. The lowest BCUT2D eigenvalue weighted by Crippen LogP contribution is -2.15. The van der Waals surface area contributed by atoms with Crippen LogP contribution in [0.25, 0.3) is 0 Å². The number of carbonyl (C=O) groups is 2. The predicted octanol–water partition coefficient (Wildman–Crippen LogP) is 2.95. The zero-order chi connectivity index (χ0) is 16.8. The summed E-state index contributed by atoms with van der Waals surface area (Å²) in [7, 11) is 1.30. The van der Waals surface area contributed by atoms with Crippen molar-refractivity contribution in [3.8, 4) is 5.75 Å². The van der Waals surface area contributed by atoms with Gasteiger partial charge in [0.2, 0.25) is 5.91 Å². The molecule has 1 aromatic heterocycles. The molecule has 122 valence electrons. The topological polar surface area (TPSA) is 77.5 Å². The van der Waals surface area contributed by atoms with E-state index in [9.17, 15) is 9.59 Å². The predicted molar refractivity (Wildman–Crippen MR) is 88.1 cm³/mol. The van der Waals surface area contributed by atoms with E-state index in [0.29, 0.717) is 10.0 Å². The lowest BCUT2D eigenvalue weighted by molar-refractivity contribution is -0.116. The number of nitrogens with zero attached hydrogens (tertiary/aromatic N) is 1. The van der Waals surface area contributed by atoms with Crippen LogP contribution >= 0.6 is 11.3 Å². The smallest absolute Gasteiger partial charge is 0.349 e. The van der Waals surface area contributed by atoms with Gasteiger partial charge in [0.1, 0.15) is 10.6 Å². The van der Waals surface area contributed by atoms with Crippen LogP contribution in [0.1, 0.15) is 27.2 Å². The highest BCUT2D eigenvalue weighted by atomic mass is 32.1. The number of aryl methyl sites for hydroxylation is 2. The first-order chi connectivity index (χ1) is 11.0. The molecule has 2 aromatic rings. The molecule has 0 unspecified atom stereocenters. The molecule has 1 N–H and O–H groups in total. The summed E-state index contributed by atoms with van der Waals surface area (Å²) >= 11 is 1.07. The molecule has 2 rings (SSSR count). The number of anilines is 1. The number of amides is 1. The van der Waals surface area contributed by atoms with E-state index in [1.165, 1.54) is 13.3 Å². The second-order valence-corrected chi connectivity index (χ2v) is 5.97. The van der Waals surface area contributed by atoms with Gasteiger partial charge in [0.25, 0.3) is 0 Å². The summed E-state index contributed by atoms with van der Waals surface area (Å²) in [5, 5.41) is 2.99. The molecule has 6 nitrogen and oxygen atoms in total. The number of ether oxygens (including phenoxy) is 2. The molecule has 0 saturated carbocycles. The lowest BCUT2D eigenvalue weighted by Gasteiger charge is -2.09. The van der Waals surface area contributed by atoms with E-state index >= 15 is 0 Å². The number of methoxy groups -OCH3 is 1. The second-order valence-electron chi connectivity index (χ2n) is 4.94. The highest BCUT2D eigenvalue weighted by Crippen LogP contribution is 2.20. The second kappa shape index (κ2) is 7.73. The maximum atomic E-state index is 11.8. The van der Waals surface area contributed by atoms with E-state index in [1.54, 1.807) is 0 Å². The highest BCUT2D eigenvalue weighted by molar-refractivity contribution is 7.17. The van der Waals surface area contributed by atoms with Crippen molar-refractivity contribution in [2.45, 2.75) is 20.3 Å². The minimum Gasteiger partial charge on any atom is -0.493 e. The number of carbonyl (C=O) groups excluding carboxylic acids is 2. The van der Waals surface area contributed by atoms with E-state index in [0.717, 1.165) is 28.2 Å². The van der Waals surface area contributed by atoms with Crippen LogP contribution in [0.15, 0.2) is 24.4 Å². The fraction of sp³-hybridized carbons (Fsp3) is 0.312. The minimum absolute atomic E-state index is 0.195. The Labute approximate surface area is 138 Å². The number of hydrogen-bond acceptors (Lipinski definition) is 6. The summed E-state index contributed by atoms with van der Waals surface area (Å²) in [5.41, 5.74) is 2.20. The van der Waals surface area contributed by atoms with Gasteiger partial charge in [0.15, 0.2) is 5.13 Å². The van der Waals surface area contributed by atoms with E-state index < -0.39 is 5.97 Å². The highest BCUT2D eigenvalue weighted by Gasteiger charge is 2.12. The van der Waals surface area contributed by atoms with Gasteiger partial charge in [-0.3, -0.25) is 4.79 Å². The first-order valence-electron chi connectivity index (χ1n) is 7.03. The van der Waals surface area contributed by atoms with Crippen LogP contribution in [0.3, 0.4) is 0 Å².